The summed E-state index contributed by atoms with van der Waals surface area (Å²) in [6.07, 6.45) is -0.706. The number of nitrogens with one attached hydrogen (secondary N) is 2. The van der Waals surface area contributed by atoms with Crippen LogP contribution >= 0.6 is 0 Å². The van der Waals surface area contributed by atoms with Gasteiger partial charge < -0.3 is 19.5 Å². The number of amides is 2. The lowest BCUT2D eigenvalue weighted by Crippen LogP contribution is -2.52. The molecule has 2 aromatic carbocycles. The number of morpholine rings is 1. The highest BCUT2D eigenvalue weighted by Crippen LogP contribution is 2.44. The van der Waals surface area contributed by atoms with Gasteiger partial charge in [0.05, 0.1) is 13.2 Å². The summed E-state index contributed by atoms with van der Waals surface area (Å²) in [6, 6.07) is 16.3. The molecular formula is C24H22N4O6. The first-order chi connectivity index (χ1) is 16.5. The lowest BCUT2D eigenvalue weighted by molar-refractivity contribution is -0.147. The summed E-state index contributed by atoms with van der Waals surface area (Å²) >= 11 is 0. The summed E-state index contributed by atoms with van der Waals surface area (Å²) in [5.74, 6) is -1.67. The number of benzene rings is 2. The summed E-state index contributed by atoms with van der Waals surface area (Å²) in [7, 11) is 0. The van der Waals surface area contributed by atoms with Crippen LogP contribution in [0.2, 0.25) is 0 Å². The number of aromatic nitrogens is 2. The topological polar surface area (TPSA) is 134 Å². The van der Waals surface area contributed by atoms with Crippen molar-refractivity contribution in [2.75, 3.05) is 31.7 Å². The molecule has 2 amide bonds. The maximum absolute atomic E-state index is 12.7. The molecule has 1 aliphatic heterocycles. The zero-order valence-electron chi connectivity index (χ0n) is 18.1. The van der Waals surface area contributed by atoms with Crippen LogP contribution < -0.4 is 5.32 Å². The van der Waals surface area contributed by atoms with Crippen molar-refractivity contribution < 1.29 is 29.0 Å². The Hall–Kier alpha value is -4.18. The van der Waals surface area contributed by atoms with Crippen LogP contribution in [0.3, 0.4) is 0 Å². The second kappa shape index (κ2) is 8.99. The number of hydrogen-bond donors (Lipinski definition) is 3. The van der Waals surface area contributed by atoms with Crippen LogP contribution in [0.5, 0.6) is 0 Å². The highest BCUT2D eigenvalue weighted by molar-refractivity contribution is 5.96. The third kappa shape index (κ3) is 3.99. The van der Waals surface area contributed by atoms with Crippen LogP contribution in [0.15, 0.2) is 54.6 Å². The van der Waals surface area contributed by atoms with Gasteiger partial charge in [-0.3, -0.25) is 15.2 Å². The predicted molar refractivity (Wildman–Crippen MR) is 121 cm³/mol. The van der Waals surface area contributed by atoms with E-state index in [9.17, 15) is 19.5 Å². The van der Waals surface area contributed by atoms with Crippen LogP contribution in [-0.2, 0) is 14.3 Å². The number of fused-ring (bicyclic) bond motifs is 3. The van der Waals surface area contributed by atoms with E-state index in [0.717, 1.165) is 22.3 Å². The van der Waals surface area contributed by atoms with Crippen LogP contribution in [0, 0.1) is 0 Å². The Morgan fingerprint density at radius 2 is 1.79 bits per heavy atom. The minimum Gasteiger partial charge on any atom is -0.480 e. The van der Waals surface area contributed by atoms with E-state index in [1.165, 1.54) is 11.0 Å². The van der Waals surface area contributed by atoms with E-state index >= 15 is 0 Å². The average molecular weight is 462 g/mol. The number of H-pyrrole nitrogens is 1. The van der Waals surface area contributed by atoms with E-state index in [1.54, 1.807) is 0 Å². The predicted octanol–water partition coefficient (Wildman–Crippen LogP) is 2.70. The Balaban J connectivity index is 1.23. The monoisotopic (exact) mass is 462 g/mol. The quantitative estimate of drug-likeness (QED) is 0.531. The van der Waals surface area contributed by atoms with Crippen molar-refractivity contribution in [2.45, 2.75) is 12.0 Å². The molecule has 5 rings (SSSR count). The smallest absolute Gasteiger partial charge is 0.412 e. The Bertz CT molecular complexity index is 1210. The van der Waals surface area contributed by atoms with Gasteiger partial charge in [-0.15, -0.1) is 0 Å². The number of anilines is 1. The molecule has 34 heavy (non-hydrogen) atoms. The van der Waals surface area contributed by atoms with Crippen LogP contribution in [0.25, 0.3) is 11.1 Å². The zero-order valence-corrected chi connectivity index (χ0v) is 18.1. The SMILES string of the molecule is O=C(Nc1cc(C(=O)N2CCOCC2C(=O)O)[nH]n1)OCC1c2ccccc2-c2ccccc21. The van der Waals surface area contributed by atoms with Crippen molar-refractivity contribution in [3.63, 3.8) is 0 Å². The maximum Gasteiger partial charge on any atom is 0.412 e. The third-order valence-corrected chi connectivity index (χ3v) is 6.06. The molecule has 2 heterocycles. The first-order valence-electron chi connectivity index (χ1n) is 10.8. The van der Waals surface area contributed by atoms with Gasteiger partial charge >= 0.3 is 12.1 Å². The number of ether oxygens (including phenoxy) is 2. The van der Waals surface area contributed by atoms with Gasteiger partial charge in [0.1, 0.15) is 12.3 Å². The molecule has 174 valence electrons. The minimum atomic E-state index is -1.15. The minimum absolute atomic E-state index is 0.0575. The highest BCUT2D eigenvalue weighted by Gasteiger charge is 2.34. The first-order valence-corrected chi connectivity index (χ1v) is 10.8. The second-order valence-corrected chi connectivity index (χ2v) is 8.04. The van der Waals surface area contributed by atoms with Crippen molar-refractivity contribution in [3.05, 3.63) is 71.4 Å². The van der Waals surface area contributed by atoms with Crippen molar-refractivity contribution in [1.82, 2.24) is 15.1 Å². The molecule has 1 saturated heterocycles. The summed E-state index contributed by atoms with van der Waals surface area (Å²) in [4.78, 5) is 37.8. The summed E-state index contributed by atoms with van der Waals surface area (Å²) in [5.41, 5.74) is 4.52. The molecular weight excluding hydrogens is 440 g/mol. The van der Waals surface area contributed by atoms with Gasteiger partial charge in [0.2, 0.25) is 0 Å². The maximum atomic E-state index is 12.7. The summed E-state index contributed by atoms with van der Waals surface area (Å²) in [6.45, 7) is 0.447. The lowest BCUT2D eigenvalue weighted by atomic mass is 9.98. The fourth-order valence-electron chi connectivity index (χ4n) is 4.44. The fraction of sp³-hybridized carbons (Fsp3) is 0.250. The second-order valence-electron chi connectivity index (χ2n) is 8.04. The van der Waals surface area contributed by atoms with E-state index < -0.39 is 24.0 Å². The van der Waals surface area contributed by atoms with Gasteiger partial charge in [-0.05, 0) is 22.3 Å². The van der Waals surface area contributed by atoms with Gasteiger partial charge in [0.25, 0.3) is 5.91 Å². The lowest BCUT2D eigenvalue weighted by Gasteiger charge is -2.32. The largest absolute Gasteiger partial charge is 0.480 e. The van der Waals surface area contributed by atoms with Crippen LogP contribution in [-0.4, -0.2) is 70.6 Å². The third-order valence-electron chi connectivity index (χ3n) is 6.06. The van der Waals surface area contributed by atoms with Crippen LogP contribution in [0.4, 0.5) is 10.6 Å². The van der Waals surface area contributed by atoms with Crippen molar-refractivity contribution in [2.24, 2.45) is 0 Å². The molecule has 3 N–H and O–H groups in total. The molecule has 1 aliphatic carbocycles. The number of nitrogens with zero attached hydrogens (tertiary/aromatic N) is 2. The Morgan fingerprint density at radius 3 is 2.47 bits per heavy atom. The van der Waals surface area contributed by atoms with E-state index in [4.69, 9.17) is 9.47 Å². The van der Waals surface area contributed by atoms with Gasteiger partial charge in [-0.1, -0.05) is 48.5 Å². The number of aromatic amines is 1. The summed E-state index contributed by atoms with van der Waals surface area (Å²) < 4.78 is 10.6. The van der Waals surface area contributed by atoms with Crippen molar-refractivity contribution in [1.29, 1.82) is 0 Å². The number of carbonyl (C=O) groups is 3. The molecule has 1 atom stereocenters. The van der Waals surface area contributed by atoms with Crippen LogP contribution in [0.1, 0.15) is 27.5 Å². The number of carboxylic acids is 1. The van der Waals surface area contributed by atoms with Gasteiger partial charge in [0.15, 0.2) is 11.9 Å². The number of carbonyl (C=O) groups excluding carboxylic acids is 2. The van der Waals surface area contributed by atoms with E-state index in [-0.39, 0.29) is 43.8 Å². The molecule has 0 spiro atoms. The molecule has 0 saturated carbocycles. The molecule has 10 nitrogen and oxygen atoms in total. The van der Waals surface area contributed by atoms with Gasteiger partial charge in [0, 0.05) is 18.5 Å². The first kappa shape index (κ1) is 21.7. The normalized spacial score (nSPS) is 17.1. The Morgan fingerprint density at radius 1 is 1.12 bits per heavy atom. The van der Waals surface area contributed by atoms with Gasteiger partial charge in [-0.25, -0.2) is 9.59 Å². The number of rotatable bonds is 5. The number of carboxylic acid groups (broad SMARTS) is 1. The van der Waals surface area contributed by atoms with E-state index in [0.29, 0.717) is 0 Å². The fourth-order valence-corrected chi connectivity index (χ4v) is 4.44. The Kier molecular flexibility index (Phi) is 5.72. The standard InChI is InChI=1S/C24H22N4O6/c29-22(28-9-10-33-13-20(28)23(30)31)19-11-21(27-26-19)25-24(32)34-12-18-16-7-3-1-5-14(16)15-6-2-4-8-17(15)18/h1-8,11,18,20H,9-10,12-13H2,(H,30,31)(H2,25,26,27,32). The molecule has 0 radical (unpaired) electrons. The molecule has 3 aromatic rings. The van der Waals surface area contributed by atoms with Crippen molar-refractivity contribution in [3.8, 4) is 11.1 Å². The van der Waals surface area contributed by atoms with Gasteiger partial charge in [-0.2, -0.15) is 5.10 Å². The molecule has 1 aromatic heterocycles. The molecule has 0 bridgehead atoms. The molecule has 2 aliphatic rings. The van der Waals surface area contributed by atoms with Crippen molar-refractivity contribution >= 4 is 23.8 Å². The summed E-state index contributed by atoms with van der Waals surface area (Å²) in [5, 5.41) is 18.3. The molecule has 1 fully saturated rings. The highest BCUT2D eigenvalue weighted by atomic mass is 16.5. The van der Waals surface area contributed by atoms with E-state index in [2.05, 4.69) is 27.6 Å². The molecule has 1 unspecified atom stereocenters. The Labute approximate surface area is 194 Å². The number of hydrogen-bond acceptors (Lipinski definition) is 6. The van der Waals surface area contributed by atoms with E-state index in [1.807, 2.05) is 36.4 Å². The zero-order chi connectivity index (χ0) is 23.7. The number of aliphatic carboxylic acids is 1. The average Bonchev–Trinajstić information content (AvgIpc) is 3.45. The molecule has 10 heteroatoms.